The quantitative estimate of drug-likeness (QED) is 0.390. The van der Waals surface area contributed by atoms with E-state index in [9.17, 15) is 0 Å². The Balaban J connectivity index is 2.07. The lowest BCUT2D eigenvalue weighted by Crippen LogP contribution is -1.95. The van der Waals surface area contributed by atoms with Crippen molar-refractivity contribution in [3.05, 3.63) is 35.4 Å². The molecule has 22 heavy (non-hydrogen) atoms. The minimum atomic E-state index is -2.16. The van der Waals surface area contributed by atoms with E-state index < -0.39 is 8.60 Å². The maximum absolute atomic E-state index is 8.61. The standard InChI is InChI=1S/C18H31O3P/c1-2-3-12-17-14-9-10-15-18(17)13-8-6-4-5-7-11-16-21-22(19)20/h9-10,14-15,19-20H,2-8,11-13,16H2,1H3. The molecular formula is C18H31O3P. The number of rotatable bonds is 13. The molecule has 0 aromatic heterocycles. The van der Waals surface area contributed by atoms with Crippen LogP contribution in [0.2, 0.25) is 0 Å². The molecule has 0 saturated heterocycles. The molecule has 0 radical (unpaired) electrons. The van der Waals surface area contributed by atoms with Gasteiger partial charge in [0.1, 0.15) is 0 Å². The monoisotopic (exact) mass is 326 g/mol. The van der Waals surface area contributed by atoms with Crippen LogP contribution < -0.4 is 0 Å². The molecule has 0 aliphatic rings. The first-order chi connectivity index (χ1) is 10.7. The van der Waals surface area contributed by atoms with Crippen molar-refractivity contribution in [2.24, 2.45) is 0 Å². The second-order valence-corrected chi connectivity index (χ2v) is 6.59. The van der Waals surface area contributed by atoms with E-state index in [1.165, 1.54) is 62.5 Å². The first-order valence-electron chi connectivity index (χ1n) is 8.61. The Hall–Kier alpha value is -0.470. The summed E-state index contributed by atoms with van der Waals surface area (Å²) in [5.74, 6) is 0. The molecule has 0 aliphatic heterocycles. The van der Waals surface area contributed by atoms with Gasteiger partial charge in [-0.05, 0) is 43.2 Å². The summed E-state index contributed by atoms with van der Waals surface area (Å²) in [4.78, 5) is 17.2. The molecule has 0 fully saturated rings. The van der Waals surface area contributed by atoms with Gasteiger partial charge in [0.25, 0.3) is 0 Å². The minimum Gasteiger partial charge on any atom is -0.328 e. The fraction of sp³-hybridized carbons (Fsp3) is 0.667. The van der Waals surface area contributed by atoms with Crippen LogP contribution in [-0.4, -0.2) is 16.4 Å². The molecule has 4 heteroatoms. The van der Waals surface area contributed by atoms with Gasteiger partial charge in [-0.3, -0.25) is 0 Å². The van der Waals surface area contributed by atoms with Crippen LogP contribution in [0.4, 0.5) is 0 Å². The average Bonchev–Trinajstić information content (AvgIpc) is 2.52. The van der Waals surface area contributed by atoms with Gasteiger partial charge in [-0.1, -0.05) is 63.3 Å². The third-order valence-corrected chi connectivity index (χ3v) is 4.38. The van der Waals surface area contributed by atoms with E-state index in [0.717, 1.165) is 12.8 Å². The number of unbranched alkanes of at least 4 members (excludes halogenated alkanes) is 6. The molecule has 0 amide bonds. The average molecular weight is 326 g/mol. The summed E-state index contributed by atoms with van der Waals surface area (Å²) in [6, 6.07) is 8.87. The van der Waals surface area contributed by atoms with Gasteiger partial charge in [-0.2, -0.15) is 0 Å². The third kappa shape index (κ3) is 9.53. The number of hydrogen-bond donors (Lipinski definition) is 2. The zero-order valence-electron chi connectivity index (χ0n) is 13.8. The SMILES string of the molecule is CCCCc1ccccc1CCCCCCCCOP(O)O. The van der Waals surface area contributed by atoms with E-state index >= 15 is 0 Å². The van der Waals surface area contributed by atoms with E-state index in [4.69, 9.17) is 14.3 Å². The summed E-state index contributed by atoms with van der Waals surface area (Å²) >= 11 is 0. The van der Waals surface area contributed by atoms with Crippen LogP contribution in [0.25, 0.3) is 0 Å². The predicted octanol–water partition coefficient (Wildman–Crippen LogP) is 5.14. The van der Waals surface area contributed by atoms with Gasteiger partial charge in [0.2, 0.25) is 0 Å². The van der Waals surface area contributed by atoms with E-state index in [1.807, 2.05) is 0 Å². The van der Waals surface area contributed by atoms with Gasteiger partial charge in [0.15, 0.2) is 0 Å². The van der Waals surface area contributed by atoms with Gasteiger partial charge < -0.3 is 14.3 Å². The fourth-order valence-corrected chi connectivity index (χ4v) is 2.98. The molecular weight excluding hydrogens is 295 g/mol. The first-order valence-corrected chi connectivity index (χ1v) is 9.78. The second kappa shape index (κ2) is 13.0. The Labute approximate surface area is 136 Å². The summed E-state index contributed by atoms with van der Waals surface area (Å²) in [6.07, 6.45) is 12.0. The summed E-state index contributed by atoms with van der Waals surface area (Å²) in [5.41, 5.74) is 3.06. The number of aryl methyl sites for hydroxylation is 2. The molecule has 1 aromatic carbocycles. The lowest BCUT2D eigenvalue weighted by molar-refractivity contribution is 0.248. The van der Waals surface area contributed by atoms with Crippen LogP contribution in [0.5, 0.6) is 0 Å². The molecule has 3 nitrogen and oxygen atoms in total. The molecule has 0 aliphatic carbocycles. The molecule has 2 N–H and O–H groups in total. The van der Waals surface area contributed by atoms with Crippen molar-refractivity contribution in [1.29, 1.82) is 0 Å². The van der Waals surface area contributed by atoms with E-state index in [0.29, 0.717) is 6.61 Å². The maximum Gasteiger partial charge on any atom is 0.327 e. The summed E-state index contributed by atoms with van der Waals surface area (Å²) in [7, 11) is -2.16. The van der Waals surface area contributed by atoms with Gasteiger partial charge in [-0.15, -0.1) is 0 Å². The Morgan fingerprint density at radius 3 is 1.95 bits per heavy atom. The molecule has 0 spiro atoms. The smallest absolute Gasteiger partial charge is 0.327 e. The minimum absolute atomic E-state index is 0.462. The molecule has 0 atom stereocenters. The molecule has 0 unspecified atom stereocenters. The Kier molecular flexibility index (Phi) is 11.6. The van der Waals surface area contributed by atoms with E-state index in [2.05, 4.69) is 31.2 Å². The van der Waals surface area contributed by atoms with Crippen molar-refractivity contribution >= 4 is 8.60 Å². The maximum atomic E-state index is 8.61. The summed E-state index contributed by atoms with van der Waals surface area (Å²) in [6.45, 7) is 2.71. The van der Waals surface area contributed by atoms with Crippen molar-refractivity contribution in [2.45, 2.75) is 71.1 Å². The van der Waals surface area contributed by atoms with Gasteiger partial charge in [0.05, 0.1) is 6.61 Å². The lowest BCUT2D eigenvalue weighted by atomic mass is 9.97. The van der Waals surface area contributed by atoms with Crippen molar-refractivity contribution in [2.75, 3.05) is 6.61 Å². The zero-order chi connectivity index (χ0) is 16.0. The van der Waals surface area contributed by atoms with Gasteiger partial charge in [0, 0.05) is 0 Å². The molecule has 126 valence electrons. The topological polar surface area (TPSA) is 49.7 Å². The van der Waals surface area contributed by atoms with Crippen LogP contribution in [-0.2, 0) is 17.4 Å². The van der Waals surface area contributed by atoms with Crippen molar-refractivity contribution in [3.8, 4) is 0 Å². The van der Waals surface area contributed by atoms with Crippen LogP contribution in [0.15, 0.2) is 24.3 Å². The Morgan fingerprint density at radius 2 is 1.36 bits per heavy atom. The van der Waals surface area contributed by atoms with Crippen LogP contribution in [0.1, 0.15) is 69.4 Å². The second-order valence-electron chi connectivity index (χ2n) is 5.83. The van der Waals surface area contributed by atoms with E-state index in [1.54, 1.807) is 0 Å². The lowest BCUT2D eigenvalue weighted by Gasteiger charge is -2.09. The van der Waals surface area contributed by atoms with E-state index in [-0.39, 0.29) is 0 Å². The highest BCUT2D eigenvalue weighted by atomic mass is 31.2. The zero-order valence-corrected chi connectivity index (χ0v) is 14.7. The normalized spacial score (nSPS) is 11.3. The third-order valence-electron chi connectivity index (χ3n) is 3.97. The van der Waals surface area contributed by atoms with Gasteiger partial charge in [-0.25, -0.2) is 0 Å². The Morgan fingerprint density at radius 1 is 0.818 bits per heavy atom. The molecule has 0 bridgehead atoms. The highest BCUT2D eigenvalue weighted by Gasteiger charge is 2.02. The number of benzene rings is 1. The number of hydrogen-bond acceptors (Lipinski definition) is 3. The fourth-order valence-electron chi connectivity index (χ4n) is 2.68. The van der Waals surface area contributed by atoms with Crippen LogP contribution in [0.3, 0.4) is 0 Å². The summed E-state index contributed by atoms with van der Waals surface area (Å²) < 4.78 is 4.75. The van der Waals surface area contributed by atoms with Crippen LogP contribution >= 0.6 is 8.60 Å². The highest BCUT2D eigenvalue weighted by molar-refractivity contribution is 7.39. The molecule has 1 aromatic rings. The largest absolute Gasteiger partial charge is 0.328 e. The first kappa shape index (κ1) is 19.6. The Bertz CT molecular complexity index is 382. The van der Waals surface area contributed by atoms with Crippen molar-refractivity contribution in [1.82, 2.24) is 0 Å². The molecule has 1 rings (SSSR count). The molecule has 0 saturated carbocycles. The molecule has 0 heterocycles. The summed E-state index contributed by atoms with van der Waals surface area (Å²) in [5, 5.41) is 0. The predicted molar refractivity (Wildman–Crippen MR) is 93.8 cm³/mol. The van der Waals surface area contributed by atoms with Gasteiger partial charge >= 0.3 is 8.60 Å². The van der Waals surface area contributed by atoms with Crippen LogP contribution in [0, 0.1) is 0 Å². The van der Waals surface area contributed by atoms with Crippen molar-refractivity contribution in [3.63, 3.8) is 0 Å². The van der Waals surface area contributed by atoms with Crippen molar-refractivity contribution < 1.29 is 14.3 Å². The highest BCUT2D eigenvalue weighted by Crippen LogP contribution is 2.24.